The number of hydrogen-bond acceptors (Lipinski definition) is 4. The number of β-amino-alcohol motifs (C(OH)–C–C–N with tert-alkyl or cyclic N) is 1. The predicted molar refractivity (Wildman–Crippen MR) is 102 cm³/mol. The maximum Gasteiger partial charge on any atom is 0.256 e. The van der Waals surface area contributed by atoms with E-state index in [1.807, 2.05) is 29.2 Å². The Morgan fingerprint density at radius 3 is 2.54 bits per heavy atom. The van der Waals surface area contributed by atoms with Crippen molar-refractivity contribution in [3.05, 3.63) is 29.8 Å². The Morgan fingerprint density at radius 2 is 1.81 bits per heavy atom. The monoisotopic (exact) mass is 360 g/mol. The maximum absolute atomic E-state index is 13.1. The van der Waals surface area contributed by atoms with Crippen LogP contribution < -0.4 is 4.74 Å². The predicted octanol–water partition coefficient (Wildman–Crippen LogP) is 2.81. The van der Waals surface area contributed by atoms with Gasteiger partial charge in [-0.1, -0.05) is 31.4 Å². The molecule has 2 aliphatic rings. The van der Waals surface area contributed by atoms with Crippen LogP contribution in [0.15, 0.2) is 24.3 Å². The van der Waals surface area contributed by atoms with E-state index in [1.165, 1.54) is 19.3 Å². The van der Waals surface area contributed by atoms with Gasteiger partial charge in [0.05, 0.1) is 7.11 Å². The Hall–Kier alpha value is -1.59. The molecule has 0 saturated carbocycles. The van der Waals surface area contributed by atoms with Crippen LogP contribution in [0.2, 0.25) is 0 Å². The standard InChI is InChI=1S/C21H32N2O3/c1-26-19-10-7-9-18(15-19)16-23-14-8-11-21(25,20(23)24)17-22-12-5-3-2-4-6-13-22/h7,9-10,15,25H,2-6,8,11-14,16-17H2,1H3. The molecular weight excluding hydrogens is 328 g/mol. The van der Waals surface area contributed by atoms with Crippen molar-refractivity contribution in [2.45, 2.75) is 57.1 Å². The molecule has 0 bridgehead atoms. The Bertz CT molecular complexity index is 599. The minimum atomic E-state index is -1.24. The van der Waals surface area contributed by atoms with Gasteiger partial charge in [0, 0.05) is 19.6 Å². The minimum absolute atomic E-state index is 0.117. The lowest BCUT2D eigenvalue weighted by molar-refractivity contribution is -0.160. The van der Waals surface area contributed by atoms with Crippen LogP contribution in [0.25, 0.3) is 0 Å². The highest BCUT2D eigenvalue weighted by Crippen LogP contribution is 2.27. The number of ether oxygens (including phenoxy) is 1. The third kappa shape index (κ3) is 4.77. The first-order valence-electron chi connectivity index (χ1n) is 9.98. The van der Waals surface area contributed by atoms with Gasteiger partial charge in [-0.15, -0.1) is 0 Å². The average Bonchev–Trinajstić information content (AvgIpc) is 2.62. The Balaban J connectivity index is 1.65. The second-order valence-electron chi connectivity index (χ2n) is 7.76. The van der Waals surface area contributed by atoms with E-state index in [0.717, 1.165) is 43.7 Å². The number of benzene rings is 1. The fraction of sp³-hybridized carbons (Fsp3) is 0.667. The molecule has 3 rings (SSSR count). The van der Waals surface area contributed by atoms with Crippen molar-refractivity contribution < 1.29 is 14.6 Å². The van der Waals surface area contributed by atoms with Gasteiger partial charge in [0.25, 0.3) is 5.91 Å². The van der Waals surface area contributed by atoms with E-state index < -0.39 is 5.60 Å². The fourth-order valence-corrected chi connectivity index (χ4v) is 4.19. The Labute approximate surface area is 156 Å². The van der Waals surface area contributed by atoms with Gasteiger partial charge in [0.1, 0.15) is 5.75 Å². The molecule has 0 spiro atoms. The third-order valence-corrected chi connectivity index (χ3v) is 5.65. The van der Waals surface area contributed by atoms with Gasteiger partial charge in [-0.05, 0) is 56.5 Å². The number of aliphatic hydroxyl groups is 1. The summed E-state index contributed by atoms with van der Waals surface area (Å²) in [5.74, 6) is 0.677. The number of likely N-dealkylation sites (tertiary alicyclic amines) is 2. The molecule has 0 aliphatic carbocycles. The van der Waals surface area contributed by atoms with Gasteiger partial charge in [0.15, 0.2) is 5.60 Å². The second kappa shape index (κ2) is 8.87. The summed E-state index contributed by atoms with van der Waals surface area (Å²) >= 11 is 0. The summed E-state index contributed by atoms with van der Waals surface area (Å²) in [5, 5.41) is 11.1. The number of nitrogens with zero attached hydrogens (tertiary/aromatic N) is 2. The van der Waals surface area contributed by atoms with Crippen molar-refractivity contribution in [1.82, 2.24) is 9.80 Å². The molecule has 2 saturated heterocycles. The van der Waals surface area contributed by atoms with E-state index in [2.05, 4.69) is 4.90 Å². The van der Waals surface area contributed by atoms with Gasteiger partial charge >= 0.3 is 0 Å². The van der Waals surface area contributed by atoms with Crippen molar-refractivity contribution in [3.63, 3.8) is 0 Å². The topological polar surface area (TPSA) is 53.0 Å². The molecule has 1 aromatic carbocycles. The first kappa shape index (κ1) is 19.2. The summed E-state index contributed by atoms with van der Waals surface area (Å²) in [4.78, 5) is 17.2. The molecule has 5 heteroatoms. The highest BCUT2D eigenvalue weighted by molar-refractivity contribution is 5.86. The van der Waals surface area contributed by atoms with Crippen molar-refractivity contribution in [2.75, 3.05) is 33.3 Å². The Morgan fingerprint density at radius 1 is 1.08 bits per heavy atom. The van der Waals surface area contributed by atoms with Crippen LogP contribution in [-0.4, -0.2) is 59.7 Å². The number of amides is 1. The van der Waals surface area contributed by atoms with E-state index in [0.29, 0.717) is 26.1 Å². The van der Waals surface area contributed by atoms with Crippen LogP contribution in [0, 0.1) is 0 Å². The van der Waals surface area contributed by atoms with Crippen LogP contribution in [0.4, 0.5) is 0 Å². The van der Waals surface area contributed by atoms with Gasteiger partial charge in [0.2, 0.25) is 0 Å². The number of methoxy groups -OCH3 is 1. The second-order valence-corrected chi connectivity index (χ2v) is 7.76. The van der Waals surface area contributed by atoms with E-state index in [1.54, 1.807) is 7.11 Å². The summed E-state index contributed by atoms with van der Waals surface area (Å²) in [7, 11) is 1.65. The first-order chi connectivity index (χ1) is 12.6. The van der Waals surface area contributed by atoms with E-state index in [4.69, 9.17) is 4.74 Å². The third-order valence-electron chi connectivity index (χ3n) is 5.65. The first-order valence-corrected chi connectivity index (χ1v) is 9.98. The van der Waals surface area contributed by atoms with Gasteiger partial charge in [-0.2, -0.15) is 0 Å². The van der Waals surface area contributed by atoms with Crippen LogP contribution >= 0.6 is 0 Å². The molecule has 0 aromatic heterocycles. The number of hydrogen-bond donors (Lipinski definition) is 1. The summed E-state index contributed by atoms with van der Waals surface area (Å²) in [5.41, 5.74) is -0.204. The maximum atomic E-state index is 13.1. The van der Waals surface area contributed by atoms with Crippen molar-refractivity contribution in [3.8, 4) is 5.75 Å². The number of carbonyl (C=O) groups is 1. The highest BCUT2D eigenvalue weighted by Gasteiger charge is 2.43. The summed E-state index contributed by atoms with van der Waals surface area (Å²) in [6.07, 6.45) is 7.56. The molecule has 5 nitrogen and oxygen atoms in total. The van der Waals surface area contributed by atoms with Crippen molar-refractivity contribution in [1.29, 1.82) is 0 Å². The largest absolute Gasteiger partial charge is 0.497 e. The van der Waals surface area contributed by atoms with Gasteiger partial charge in [-0.3, -0.25) is 9.69 Å². The SMILES string of the molecule is COc1cccc(CN2CCCC(O)(CN3CCCCCCC3)C2=O)c1. The quantitative estimate of drug-likeness (QED) is 0.877. The molecule has 1 aromatic rings. The number of piperidine rings is 1. The Kier molecular flexibility index (Phi) is 6.54. The lowest BCUT2D eigenvalue weighted by atomic mass is 9.90. The number of rotatable bonds is 5. The van der Waals surface area contributed by atoms with Crippen molar-refractivity contribution >= 4 is 5.91 Å². The lowest BCUT2D eigenvalue weighted by Gasteiger charge is -2.41. The van der Waals surface area contributed by atoms with Crippen LogP contribution in [0.3, 0.4) is 0 Å². The molecule has 2 heterocycles. The molecule has 1 atom stereocenters. The molecule has 144 valence electrons. The normalized spacial score (nSPS) is 25.6. The van der Waals surface area contributed by atoms with E-state index >= 15 is 0 Å². The molecule has 1 unspecified atom stereocenters. The minimum Gasteiger partial charge on any atom is -0.497 e. The van der Waals surface area contributed by atoms with Gasteiger partial charge < -0.3 is 14.7 Å². The van der Waals surface area contributed by atoms with Gasteiger partial charge in [-0.25, -0.2) is 0 Å². The zero-order valence-electron chi connectivity index (χ0n) is 16.0. The highest BCUT2D eigenvalue weighted by atomic mass is 16.5. The fourth-order valence-electron chi connectivity index (χ4n) is 4.19. The molecule has 2 fully saturated rings. The zero-order valence-corrected chi connectivity index (χ0v) is 16.0. The average molecular weight is 360 g/mol. The van der Waals surface area contributed by atoms with Crippen LogP contribution in [0.1, 0.15) is 50.5 Å². The lowest BCUT2D eigenvalue weighted by Crippen LogP contribution is -2.58. The van der Waals surface area contributed by atoms with Crippen LogP contribution in [0.5, 0.6) is 5.75 Å². The smallest absolute Gasteiger partial charge is 0.256 e. The summed E-state index contributed by atoms with van der Waals surface area (Å²) in [6, 6.07) is 7.80. The molecule has 0 radical (unpaired) electrons. The van der Waals surface area contributed by atoms with Crippen LogP contribution in [-0.2, 0) is 11.3 Å². The zero-order chi connectivity index (χ0) is 18.4. The molecular formula is C21H32N2O3. The molecule has 1 amide bonds. The molecule has 2 aliphatic heterocycles. The number of carbonyl (C=O) groups excluding carboxylic acids is 1. The molecule has 26 heavy (non-hydrogen) atoms. The van der Waals surface area contributed by atoms with E-state index in [9.17, 15) is 9.90 Å². The van der Waals surface area contributed by atoms with E-state index in [-0.39, 0.29) is 5.91 Å². The van der Waals surface area contributed by atoms with Crippen molar-refractivity contribution in [2.24, 2.45) is 0 Å². The summed E-state index contributed by atoms with van der Waals surface area (Å²) < 4.78 is 5.27. The molecule has 1 N–H and O–H groups in total. The summed E-state index contributed by atoms with van der Waals surface area (Å²) in [6.45, 7) is 3.69.